The molecule has 214 valence electrons. The third kappa shape index (κ3) is 7.07. The number of nitrogens with zero attached hydrogens (tertiary/aromatic N) is 4. The normalized spacial score (nSPS) is 16.8. The van der Waals surface area contributed by atoms with Crippen molar-refractivity contribution in [2.24, 2.45) is 0 Å². The van der Waals surface area contributed by atoms with Crippen LogP contribution in [0.1, 0.15) is 31.2 Å². The lowest BCUT2D eigenvalue weighted by atomic mass is 10.1. The molecule has 0 fully saturated rings. The topological polar surface area (TPSA) is 101 Å². The van der Waals surface area contributed by atoms with Crippen LogP contribution in [0.3, 0.4) is 0 Å². The van der Waals surface area contributed by atoms with Gasteiger partial charge in [0, 0.05) is 36.7 Å². The Morgan fingerprint density at radius 3 is 2.60 bits per heavy atom. The fourth-order valence-electron chi connectivity index (χ4n) is 4.84. The summed E-state index contributed by atoms with van der Waals surface area (Å²) < 4.78 is 60.0. The number of benzene rings is 2. The van der Waals surface area contributed by atoms with Gasteiger partial charge in [-0.15, -0.1) is 13.2 Å². The molecule has 1 unspecified atom stereocenters. The highest BCUT2D eigenvalue weighted by atomic mass is 19.4. The van der Waals surface area contributed by atoms with E-state index in [1.165, 1.54) is 36.0 Å². The Balaban J connectivity index is 1.11. The minimum Gasteiger partial charge on any atom is -0.494 e. The molecule has 2 aromatic carbocycles. The van der Waals surface area contributed by atoms with Gasteiger partial charge in [-0.25, -0.2) is 0 Å². The number of aromatic nitrogens is 2. The number of nitro groups is 1. The molecule has 3 heterocycles. The Hall–Kier alpha value is -4.16. The van der Waals surface area contributed by atoms with Crippen molar-refractivity contribution in [3.05, 3.63) is 64.3 Å². The zero-order valence-electron chi connectivity index (χ0n) is 21.6. The molecule has 0 radical (unpaired) electrons. The van der Waals surface area contributed by atoms with Crippen molar-refractivity contribution in [3.8, 4) is 23.3 Å². The summed E-state index contributed by atoms with van der Waals surface area (Å²) in [6.07, 6.45) is 0.861. The number of halogens is 3. The van der Waals surface area contributed by atoms with Crippen LogP contribution in [0.4, 0.5) is 24.7 Å². The lowest BCUT2D eigenvalue weighted by Crippen LogP contribution is -2.31. The van der Waals surface area contributed by atoms with E-state index in [2.05, 4.69) is 26.8 Å². The first-order valence-corrected chi connectivity index (χ1v) is 13.1. The number of hydrogen-bond acceptors (Lipinski definition) is 8. The predicted octanol–water partition coefficient (Wildman–Crippen LogP) is 5.53. The molecule has 0 saturated heterocycles. The monoisotopic (exact) mass is 562 g/mol. The van der Waals surface area contributed by atoms with Gasteiger partial charge in [0.1, 0.15) is 36.2 Å². The standard InChI is InChI=1S/C27H29F3N4O6/c28-27(29,30)40-21-7-5-20(6-8-21)37-15-3-13-32-12-2-1-4-19-16-22(9-10-24(19)32)38-18-23-11-14-33-17-25(34(35)36)31-26(33)39-23/h5-10,16-17,23H,1-4,11-15,18H2. The van der Waals surface area contributed by atoms with E-state index in [1.54, 1.807) is 4.57 Å². The second-order valence-electron chi connectivity index (χ2n) is 9.63. The number of aryl methyl sites for hydroxylation is 2. The summed E-state index contributed by atoms with van der Waals surface area (Å²) >= 11 is 0. The number of rotatable bonds is 10. The van der Waals surface area contributed by atoms with Crippen LogP contribution in [0.25, 0.3) is 0 Å². The zero-order chi connectivity index (χ0) is 28.1. The molecule has 1 atom stereocenters. The Morgan fingerprint density at radius 2 is 1.82 bits per heavy atom. The van der Waals surface area contributed by atoms with Gasteiger partial charge >= 0.3 is 18.2 Å². The van der Waals surface area contributed by atoms with Gasteiger partial charge < -0.3 is 34.0 Å². The number of imidazole rings is 1. The number of alkyl halides is 3. The van der Waals surface area contributed by atoms with Crippen LogP contribution in [0.15, 0.2) is 48.7 Å². The maximum absolute atomic E-state index is 12.3. The maximum Gasteiger partial charge on any atom is 0.573 e. The highest BCUT2D eigenvalue weighted by Crippen LogP contribution is 2.31. The van der Waals surface area contributed by atoms with Crippen LogP contribution >= 0.6 is 0 Å². The lowest BCUT2D eigenvalue weighted by molar-refractivity contribution is -0.389. The smallest absolute Gasteiger partial charge is 0.494 e. The molecule has 3 aromatic rings. The number of ether oxygens (including phenoxy) is 4. The summed E-state index contributed by atoms with van der Waals surface area (Å²) in [4.78, 5) is 16.7. The molecule has 13 heteroatoms. The minimum atomic E-state index is -4.72. The molecule has 1 aromatic heterocycles. The van der Waals surface area contributed by atoms with Crippen LogP contribution in [-0.4, -0.2) is 53.2 Å². The van der Waals surface area contributed by atoms with E-state index in [0.29, 0.717) is 31.9 Å². The van der Waals surface area contributed by atoms with Crippen LogP contribution in [0.2, 0.25) is 0 Å². The largest absolute Gasteiger partial charge is 0.573 e. The predicted molar refractivity (Wildman–Crippen MR) is 138 cm³/mol. The Kier molecular flexibility index (Phi) is 8.17. The summed E-state index contributed by atoms with van der Waals surface area (Å²) in [5.41, 5.74) is 2.36. The fourth-order valence-corrected chi connectivity index (χ4v) is 4.84. The van der Waals surface area contributed by atoms with Crippen molar-refractivity contribution in [1.29, 1.82) is 0 Å². The van der Waals surface area contributed by atoms with Crippen molar-refractivity contribution >= 4 is 11.5 Å². The molecule has 2 aliphatic rings. The molecule has 0 spiro atoms. The summed E-state index contributed by atoms with van der Waals surface area (Å²) in [6, 6.07) is 11.7. The summed E-state index contributed by atoms with van der Waals surface area (Å²) in [6.45, 7) is 3.01. The van der Waals surface area contributed by atoms with Crippen molar-refractivity contribution in [3.63, 3.8) is 0 Å². The maximum atomic E-state index is 12.3. The Bertz CT molecular complexity index is 1310. The number of hydrogen-bond donors (Lipinski definition) is 0. The molecule has 0 saturated carbocycles. The fraction of sp³-hybridized carbons (Fsp3) is 0.444. The van der Waals surface area contributed by atoms with Crippen molar-refractivity contribution in [2.75, 3.05) is 31.2 Å². The van der Waals surface area contributed by atoms with Gasteiger partial charge in [-0.2, -0.15) is 0 Å². The van der Waals surface area contributed by atoms with Gasteiger partial charge in [-0.05, 0) is 78.6 Å². The quantitative estimate of drug-likeness (QED) is 0.181. The molecule has 0 bridgehead atoms. The number of fused-ring (bicyclic) bond motifs is 2. The van der Waals surface area contributed by atoms with Crippen LogP contribution < -0.4 is 23.8 Å². The third-order valence-corrected chi connectivity index (χ3v) is 6.73. The summed E-state index contributed by atoms with van der Waals surface area (Å²) in [5, 5.41) is 11.0. The number of anilines is 1. The van der Waals surface area contributed by atoms with E-state index in [0.717, 1.165) is 50.2 Å². The lowest BCUT2D eigenvalue weighted by Gasteiger charge is -2.26. The minimum absolute atomic E-state index is 0.230. The van der Waals surface area contributed by atoms with Crippen LogP contribution in [0.5, 0.6) is 23.3 Å². The molecule has 5 rings (SSSR count). The second-order valence-corrected chi connectivity index (χ2v) is 9.63. The molecule has 10 nitrogen and oxygen atoms in total. The van der Waals surface area contributed by atoms with Gasteiger partial charge in [0.2, 0.25) is 0 Å². The van der Waals surface area contributed by atoms with Crippen LogP contribution in [0, 0.1) is 10.1 Å². The molecule has 0 amide bonds. The summed E-state index contributed by atoms with van der Waals surface area (Å²) in [5.74, 6) is 0.711. The molecule has 0 aliphatic carbocycles. The third-order valence-electron chi connectivity index (χ3n) is 6.73. The SMILES string of the molecule is O=[N+]([O-])c1cn2c(n1)OC(COc1ccc3c(c1)CCCCN3CCCOc1ccc(OC(F)(F)F)cc1)CC2. The average molecular weight is 563 g/mol. The average Bonchev–Trinajstić information content (AvgIpc) is 3.25. The van der Waals surface area contributed by atoms with Gasteiger partial charge in [0.15, 0.2) is 0 Å². The Labute approximate surface area is 228 Å². The first kappa shape index (κ1) is 27.4. The molecular formula is C27H29F3N4O6. The van der Waals surface area contributed by atoms with Crippen molar-refractivity contribution < 1.29 is 37.0 Å². The highest BCUT2D eigenvalue weighted by molar-refractivity contribution is 5.57. The van der Waals surface area contributed by atoms with E-state index in [9.17, 15) is 23.3 Å². The van der Waals surface area contributed by atoms with Crippen LogP contribution in [-0.2, 0) is 13.0 Å². The Morgan fingerprint density at radius 1 is 1.05 bits per heavy atom. The molecule has 2 aliphatic heterocycles. The molecular weight excluding hydrogens is 533 g/mol. The molecule has 40 heavy (non-hydrogen) atoms. The first-order chi connectivity index (χ1) is 19.2. The van der Waals surface area contributed by atoms with Crippen molar-refractivity contribution in [2.45, 2.75) is 51.1 Å². The van der Waals surface area contributed by atoms with Gasteiger partial charge in [-0.3, -0.25) is 4.57 Å². The van der Waals surface area contributed by atoms with E-state index in [4.69, 9.17) is 14.2 Å². The van der Waals surface area contributed by atoms with E-state index in [1.807, 2.05) is 6.07 Å². The second kappa shape index (κ2) is 11.9. The van der Waals surface area contributed by atoms with E-state index < -0.39 is 11.3 Å². The van der Waals surface area contributed by atoms with E-state index >= 15 is 0 Å². The zero-order valence-corrected chi connectivity index (χ0v) is 21.6. The van der Waals surface area contributed by atoms with E-state index in [-0.39, 0.29) is 23.7 Å². The van der Waals surface area contributed by atoms with Crippen molar-refractivity contribution in [1.82, 2.24) is 9.55 Å². The summed E-state index contributed by atoms with van der Waals surface area (Å²) in [7, 11) is 0. The van der Waals surface area contributed by atoms with Gasteiger partial charge in [0.05, 0.1) is 6.61 Å². The first-order valence-electron chi connectivity index (χ1n) is 13.1. The van der Waals surface area contributed by atoms with Gasteiger partial charge in [0.25, 0.3) is 0 Å². The van der Waals surface area contributed by atoms with Gasteiger partial charge in [-0.1, -0.05) is 0 Å². The highest BCUT2D eigenvalue weighted by Gasteiger charge is 2.31. The molecule has 0 N–H and O–H groups in total.